The number of halogens is 4. The van der Waals surface area contributed by atoms with Crippen LogP contribution in [0.5, 0.6) is 0 Å². The van der Waals surface area contributed by atoms with E-state index >= 15 is 0 Å². The van der Waals surface area contributed by atoms with Gasteiger partial charge in [0.2, 0.25) is 0 Å². The van der Waals surface area contributed by atoms with Crippen LogP contribution in [0, 0.1) is 0 Å². The van der Waals surface area contributed by atoms with Crippen molar-refractivity contribution in [3.8, 4) is 0 Å². The molecule has 1 saturated carbocycles. The maximum absolute atomic E-state index is 12.6. The third kappa shape index (κ3) is 2.59. The Bertz CT molecular complexity index is 421. The molecule has 0 bridgehead atoms. The molecule has 1 aliphatic rings. The molecule has 1 aliphatic carbocycles. The molecule has 17 heavy (non-hydrogen) atoms. The van der Waals surface area contributed by atoms with Crippen LogP contribution in [0.25, 0.3) is 0 Å². The minimum Gasteiger partial charge on any atom is -0.423 e. The van der Waals surface area contributed by atoms with E-state index in [-0.39, 0.29) is 16.4 Å². The lowest BCUT2D eigenvalue weighted by molar-refractivity contribution is -0.137. The largest absolute Gasteiger partial charge is 0.489 e. The first-order valence-electron chi connectivity index (χ1n) is 5.07. The zero-order valence-electron chi connectivity index (χ0n) is 8.63. The van der Waals surface area contributed by atoms with E-state index in [9.17, 15) is 13.2 Å². The fourth-order valence-electron chi connectivity index (χ4n) is 1.71. The molecule has 7 heteroatoms. The van der Waals surface area contributed by atoms with Crippen molar-refractivity contribution >= 4 is 24.2 Å². The fraction of sp³-hybridized carbons (Fsp3) is 0.400. The van der Waals surface area contributed by atoms with Gasteiger partial charge in [0.1, 0.15) is 0 Å². The summed E-state index contributed by atoms with van der Waals surface area (Å²) >= 11 is 5.87. The summed E-state index contributed by atoms with van der Waals surface area (Å²) in [6.07, 6.45) is -2.96. The highest BCUT2D eigenvalue weighted by Crippen LogP contribution is 2.44. The van der Waals surface area contributed by atoms with Crippen LogP contribution >= 0.6 is 11.6 Å². The normalized spacial score (nSPS) is 16.1. The molecule has 0 heterocycles. The molecule has 2 rings (SSSR count). The van der Waals surface area contributed by atoms with Crippen molar-refractivity contribution in [3.05, 3.63) is 28.3 Å². The molecule has 1 fully saturated rings. The van der Waals surface area contributed by atoms with Crippen molar-refractivity contribution in [1.82, 2.24) is 0 Å². The molecule has 0 unspecified atom stereocenters. The van der Waals surface area contributed by atoms with E-state index in [0.717, 1.165) is 18.9 Å². The van der Waals surface area contributed by atoms with Gasteiger partial charge < -0.3 is 10.0 Å². The molecular weight excluding hydrogens is 255 g/mol. The van der Waals surface area contributed by atoms with Crippen LogP contribution in [-0.4, -0.2) is 17.2 Å². The first-order chi connectivity index (χ1) is 7.80. The molecule has 0 amide bonds. The Morgan fingerprint density at radius 2 is 1.82 bits per heavy atom. The van der Waals surface area contributed by atoms with Crippen molar-refractivity contribution in [2.75, 3.05) is 0 Å². The summed E-state index contributed by atoms with van der Waals surface area (Å²) in [5.74, 6) is 0.00213. The van der Waals surface area contributed by atoms with Gasteiger partial charge >= 0.3 is 13.3 Å². The summed E-state index contributed by atoms with van der Waals surface area (Å²) in [5.41, 5.74) is -0.833. The van der Waals surface area contributed by atoms with E-state index in [1.165, 1.54) is 0 Å². The second-order valence-corrected chi connectivity index (χ2v) is 4.49. The van der Waals surface area contributed by atoms with E-state index in [0.29, 0.717) is 11.6 Å². The summed E-state index contributed by atoms with van der Waals surface area (Å²) in [6, 6.07) is 1.67. The van der Waals surface area contributed by atoms with Crippen LogP contribution in [0.2, 0.25) is 5.02 Å². The minimum atomic E-state index is -4.52. The van der Waals surface area contributed by atoms with Crippen molar-refractivity contribution < 1.29 is 23.2 Å². The number of hydrogen-bond acceptors (Lipinski definition) is 2. The van der Waals surface area contributed by atoms with Crippen LogP contribution < -0.4 is 5.46 Å². The topological polar surface area (TPSA) is 40.5 Å². The monoisotopic (exact) mass is 264 g/mol. The van der Waals surface area contributed by atoms with E-state index in [1.807, 2.05) is 0 Å². The van der Waals surface area contributed by atoms with Gasteiger partial charge in [0.25, 0.3) is 0 Å². The lowest BCUT2D eigenvalue weighted by Crippen LogP contribution is -2.32. The molecule has 0 aliphatic heterocycles. The number of hydrogen-bond donors (Lipinski definition) is 2. The molecule has 1 aromatic carbocycles. The van der Waals surface area contributed by atoms with Crippen LogP contribution in [0.4, 0.5) is 13.2 Å². The predicted molar refractivity (Wildman–Crippen MR) is 58.3 cm³/mol. The summed E-state index contributed by atoms with van der Waals surface area (Å²) in [7, 11) is -2.00. The maximum Gasteiger partial charge on any atom is 0.489 e. The maximum atomic E-state index is 12.6. The van der Waals surface area contributed by atoms with Crippen molar-refractivity contribution in [1.29, 1.82) is 0 Å². The minimum absolute atomic E-state index is 0.00213. The Morgan fingerprint density at radius 3 is 2.24 bits per heavy atom. The number of benzene rings is 1. The van der Waals surface area contributed by atoms with Crippen LogP contribution in [-0.2, 0) is 6.18 Å². The van der Waals surface area contributed by atoms with E-state index in [1.54, 1.807) is 0 Å². The Labute approximate surface area is 101 Å². The first-order valence-corrected chi connectivity index (χ1v) is 5.45. The SMILES string of the molecule is OB(O)c1cc(C(F)(F)F)cc(C2CC2)c1Cl. The summed E-state index contributed by atoms with van der Waals surface area (Å²) < 4.78 is 37.9. The van der Waals surface area contributed by atoms with Crippen LogP contribution in [0.1, 0.15) is 29.9 Å². The van der Waals surface area contributed by atoms with Gasteiger partial charge in [-0.3, -0.25) is 0 Å². The fourth-order valence-corrected chi connectivity index (χ4v) is 2.07. The summed E-state index contributed by atoms with van der Waals surface area (Å²) in [5, 5.41) is 18.1. The van der Waals surface area contributed by atoms with Gasteiger partial charge in [0.15, 0.2) is 0 Å². The smallest absolute Gasteiger partial charge is 0.423 e. The first kappa shape index (κ1) is 12.7. The van der Waals surface area contributed by atoms with E-state index in [2.05, 4.69) is 0 Å². The predicted octanol–water partition coefficient (Wildman–Crippen LogP) is 1.92. The molecule has 2 nitrogen and oxygen atoms in total. The third-order valence-corrected chi connectivity index (χ3v) is 3.19. The van der Waals surface area contributed by atoms with E-state index < -0.39 is 18.9 Å². The lowest BCUT2D eigenvalue weighted by atomic mass is 9.78. The van der Waals surface area contributed by atoms with Crippen molar-refractivity contribution in [2.24, 2.45) is 0 Å². The molecule has 0 saturated heterocycles. The molecule has 1 aromatic rings. The van der Waals surface area contributed by atoms with Crippen molar-refractivity contribution in [3.63, 3.8) is 0 Å². The standard InChI is InChI=1S/C10H9BClF3O2/c12-9-7(5-1-2-5)3-6(10(13,14)15)4-8(9)11(16)17/h3-5,16-17H,1-2H2. The molecule has 0 radical (unpaired) electrons. The van der Waals surface area contributed by atoms with Gasteiger partial charge in [-0.25, -0.2) is 0 Å². The average Bonchev–Trinajstić information content (AvgIpc) is 2.99. The van der Waals surface area contributed by atoms with Gasteiger partial charge in [-0.15, -0.1) is 0 Å². The zero-order valence-corrected chi connectivity index (χ0v) is 9.39. The molecule has 0 aromatic heterocycles. The highest BCUT2D eigenvalue weighted by molar-refractivity contribution is 6.63. The van der Waals surface area contributed by atoms with Gasteiger partial charge in [0, 0.05) is 10.5 Å². The molecule has 0 spiro atoms. The summed E-state index contributed by atoms with van der Waals surface area (Å²) in [6.45, 7) is 0. The Balaban J connectivity index is 2.56. The average molecular weight is 264 g/mol. The molecule has 92 valence electrons. The second kappa shape index (κ2) is 4.19. The lowest BCUT2D eigenvalue weighted by Gasteiger charge is -2.14. The highest BCUT2D eigenvalue weighted by atomic mass is 35.5. The Hall–Kier alpha value is -0.715. The Morgan fingerprint density at radius 1 is 1.24 bits per heavy atom. The van der Waals surface area contributed by atoms with Crippen LogP contribution in [0.15, 0.2) is 12.1 Å². The Kier molecular flexibility index (Phi) is 3.14. The van der Waals surface area contributed by atoms with Crippen molar-refractivity contribution in [2.45, 2.75) is 24.9 Å². The quantitative estimate of drug-likeness (QED) is 0.801. The van der Waals surface area contributed by atoms with E-state index in [4.69, 9.17) is 21.6 Å². The van der Waals surface area contributed by atoms with Crippen LogP contribution in [0.3, 0.4) is 0 Å². The third-order valence-electron chi connectivity index (χ3n) is 2.75. The van der Waals surface area contributed by atoms with Gasteiger partial charge in [-0.1, -0.05) is 11.6 Å². The number of alkyl halides is 3. The zero-order chi connectivity index (χ0) is 12.8. The number of rotatable bonds is 2. The second-order valence-electron chi connectivity index (χ2n) is 4.11. The highest BCUT2D eigenvalue weighted by Gasteiger charge is 2.36. The summed E-state index contributed by atoms with van der Waals surface area (Å²) in [4.78, 5) is 0. The molecular formula is C10H9BClF3O2. The molecule has 2 N–H and O–H groups in total. The van der Waals surface area contributed by atoms with Gasteiger partial charge in [-0.05, 0) is 36.5 Å². The molecule has 0 atom stereocenters. The van der Waals surface area contributed by atoms with Gasteiger partial charge in [0.05, 0.1) is 5.56 Å². The van der Waals surface area contributed by atoms with Gasteiger partial charge in [-0.2, -0.15) is 13.2 Å².